The van der Waals surface area contributed by atoms with Gasteiger partial charge in [0.2, 0.25) is 0 Å². The highest BCUT2D eigenvalue weighted by Crippen LogP contribution is 2.65. The van der Waals surface area contributed by atoms with Crippen LogP contribution in [0.3, 0.4) is 0 Å². The minimum Gasteiger partial charge on any atom is -0.373 e. The summed E-state index contributed by atoms with van der Waals surface area (Å²) in [6, 6.07) is 6.80. The highest BCUT2D eigenvalue weighted by Gasteiger charge is 2.64. The summed E-state index contributed by atoms with van der Waals surface area (Å²) in [4.78, 5) is 0. The highest BCUT2D eigenvalue weighted by molar-refractivity contribution is 5.90. The Balaban J connectivity index is 1.92. The van der Waals surface area contributed by atoms with Gasteiger partial charge in [-0.3, -0.25) is 0 Å². The number of hydrogen-bond acceptors (Lipinski definition) is 1. The molecule has 23 heavy (non-hydrogen) atoms. The van der Waals surface area contributed by atoms with Gasteiger partial charge in [-0.25, -0.2) is 0 Å². The van der Waals surface area contributed by atoms with Crippen molar-refractivity contribution < 1.29 is 4.74 Å². The van der Waals surface area contributed by atoms with E-state index in [4.69, 9.17) is 4.74 Å². The maximum absolute atomic E-state index is 6.55. The van der Waals surface area contributed by atoms with Crippen molar-refractivity contribution >= 4 is 10.9 Å². The van der Waals surface area contributed by atoms with E-state index in [0.717, 1.165) is 6.42 Å². The Hall–Kier alpha value is -1.54. The Morgan fingerprint density at radius 1 is 1.30 bits per heavy atom. The van der Waals surface area contributed by atoms with Gasteiger partial charge in [-0.15, -0.1) is 6.58 Å². The van der Waals surface area contributed by atoms with Gasteiger partial charge in [-0.05, 0) is 34.9 Å². The molecular formula is C21H25NO. The molecule has 5 rings (SSSR count). The third-order valence-corrected chi connectivity index (χ3v) is 7.32. The number of nitrogens with zero attached hydrogens (tertiary/aromatic N) is 1. The zero-order chi connectivity index (χ0) is 16.1. The van der Waals surface area contributed by atoms with Crippen LogP contribution in [0.25, 0.3) is 10.9 Å². The zero-order valence-corrected chi connectivity index (χ0v) is 14.5. The van der Waals surface area contributed by atoms with Gasteiger partial charge in [0.15, 0.2) is 0 Å². The Labute approximate surface area is 138 Å². The largest absolute Gasteiger partial charge is 0.373 e. The van der Waals surface area contributed by atoms with Gasteiger partial charge in [0, 0.05) is 35.5 Å². The molecule has 2 fully saturated rings. The molecule has 5 atom stereocenters. The minimum absolute atomic E-state index is 0.0446. The first-order valence-corrected chi connectivity index (χ1v) is 8.77. The third-order valence-electron chi connectivity index (χ3n) is 7.32. The summed E-state index contributed by atoms with van der Waals surface area (Å²) in [6.45, 7) is 11.4. The number of benzene rings is 1. The molecule has 2 aromatic rings. The first-order valence-electron chi connectivity index (χ1n) is 8.77. The van der Waals surface area contributed by atoms with Crippen molar-refractivity contribution in [1.29, 1.82) is 0 Å². The van der Waals surface area contributed by atoms with E-state index < -0.39 is 0 Å². The van der Waals surface area contributed by atoms with Crippen LogP contribution in [-0.4, -0.2) is 16.8 Å². The molecule has 2 bridgehead atoms. The summed E-state index contributed by atoms with van der Waals surface area (Å²) >= 11 is 0. The molecule has 1 aromatic heterocycles. The lowest BCUT2D eigenvalue weighted by atomic mass is 9.58. The molecule has 3 heterocycles. The van der Waals surface area contributed by atoms with Crippen LogP contribution < -0.4 is 0 Å². The fraction of sp³-hybridized carbons (Fsp3) is 0.524. The van der Waals surface area contributed by atoms with Gasteiger partial charge in [0.1, 0.15) is 0 Å². The van der Waals surface area contributed by atoms with Crippen LogP contribution in [0.5, 0.6) is 0 Å². The van der Waals surface area contributed by atoms with E-state index in [9.17, 15) is 0 Å². The number of rotatable bonds is 1. The first kappa shape index (κ1) is 13.9. The van der Waals surface area contributed by atoms with E-state index in [1.54, 1.807) is 0 Å². The summed E-state index contributed by atoms with van der Waals surface area (Å²) < 4.78 is 8.84. The average Bonchev–Trinajstić information content (AvgIpc) is 3.17. The number of aryl methyl sites for hydroxylation is 1. The van der Waals surface area contributed by atoms with Crippen molar-refractivity contribution in [2.24, 2.45) is 18.4 Å². The molecule has 2 nitrogen and oxygen atoms in total. The molecule has 120 valence electrons. The van der Waals surface area contributed by atoms with Gasteiger partial charge in [-0.2, -0.15) is 0 Å². The third kappa shape index (κ3) is 1.37. The molecule has 0 amide bonds. The summed E-state index contributed by atoms with van der Waals surface area (Å²) in [5.74, 6) is 1.01. The van der Waals surface area contributed by atoms with Crippen molar-refractivity contribution in [3.05, 3.63) is 48.2 Å². The second-order valence-corrected chi connectivity index (χ2v) is 8.60. The molecule has 1 aromatic carbocycles. The van der Waals surface area contributed by atoms with E-state index in [1.165, 1.54) is 22.0 Å². The monoisotopic (exact) mass is 307 g/mol. The Morgan fingerprint density at radius 2 is 2.09 bits per heavy atom. The van der Waals surface area contributed by atoms with Crippen LogP contribution in [0, 0.1) is 11.3 Å². The maximum Gasteiger partial charge on any atom is 0.0694 e. The lowest BCUT2D eigenvalue weighted by Crippen LogP contribution is -2.43. The molecule has 2 saturated heterocycles. The normalized spacial score (nSPS) is 39.7. The average molecular weight is 307 g/mol. The molecule has 2 heteroatoms. The van der Waals surface area contributed by atoms with Crippen LogP contribution in [0.4, 0.5) is 0 Å². The molecule has 2 aliphatic heterocycles. The maximum atomic E-state index is 6.55. The topological polar surface area (TPSA) is 14.2 Å². The summed E-state index contributed by atoms with van der Waals surface area (Å²) in [5, 5.41) is 1.47. The number of ether oxygens (including phenoxy) is 1. The van der Waals surface area contributed by atoms with Crippen molar-refractivity contribution in [2.45, 2.75) is 50.7 Å². The highest BCUT2D eigenvalue weighted by atomic mass is 16.5. The molecule has 0 saturated carbocycles. The smallest absolute Gasteiger partial charge is 0.0694 e. The van der Waals surface area contributed by atoms with E-state index in [-0.39, 0.29) is 10.8 Å². The van der Waals surface area contributed by atoms with Crippen molar-refractivity contribution in [1.82, 2.24) is 4.57 Å². The van der Waals surface area contributed by atoms with Gasteiger partial charge in [-0.1, -0.05) is 39.0 Å². The quantitative estimate of drug-likeness (QED) is 0.706. The Morgan fingerprint density at radius 3 is 2.83 bits per heavy atom. The second kappa shape index (κ2) is 3.92. The summed E-state index contributed by atoms with van der Waals surface area (Å²) in [6.07, 6.45) is 6.31. The standard InChI is InChI=1S/C21H25NO/c1-6-21(4)16-10-13-19(23-16)18(21)12-8-7-9-15-17(12)14(11-22(15)5)20(13,2)3/h6-9,11,13,16,18-19H,1,10H2,2-5H3. The SMILES string of the molecule is C=CC1(C)C2CC3C(O2)C1c1cccc2c1c(cn2C)C3(C)C. The van der Waals surface area contributed by atoms with E-state index in [0.29, 0.717) is 24.0 Å². The molecule has 3 aliphatic rings. The zero-order valence-electron chi connectivity index (χ0n) is 14.5. The Bertz CT molecular complexity index is 845. The Kier molecular flexibility index (Phi) is 2.36. The number of aromatic nitrogens is 1. The molecular weight excluding hydrogens is 282 g/mol. The van der Waals surface area contributed by atoms with Crippen molar-refractivity contribution in [3.8, 4) is 0 Å². The number of hydrogen-bond donors (Lipinski definition) is 0. The van der Waals surface area contributed by atoms with Crippen LogP contribution in [0.1, 0.15) is 44.2 Å². The molecule has 1 aliphatic carbocycles. The van der Waals surface area contributed by atoms with Crippen LogP contribution in [-0.2, 0) is 17.2 Å². The van der Waals surface area contributed by atoms with E-state index in [2.05, 4.69) is 69.4 Å². The first-order chi connectivity index (χ1) is 10.9. The predicted octanol–water partition coefficient (Wildman–Crippen LogP) is 4.53. The van der Waals surface area contributed by atoms with Crippen LogP contribution >= 0.6 is 0 Å². The van der Waals surface area contributed by atoms with Gasteiger partial charge in [0.05, 0.1) is 12.2 Å². The van der Waals surface area contributed by atoms with E-state index in [1.807, 2.05) is 0 Å². The van der Waals surface area contributed by atoms with Gasteiger partial charge in [0.25, 0.3) is 0 Å². The molecule has 0 N–H and O–H groups in total. The van der Waals surface area contributed by atoms with Crippen molar-refractivity contribution in [2.75, 3.05) is 0 Å². The fourth-order valence-corrected chi connectivity index (χ4v) is 5.87. The van der Waals surface area contributed by atoms with Gasteiger partial charge >= 0.3 is 0 Å². The molecule has 0 spiro atoms. The van der Waals surface area contributed by atoms with Crippen LogP contribution in [0.15, 0.2) is 37.1 Å². The molecule has 5 unspecified atom stereocenters. The lowest BCUT2D eigenvalue weighted by molar-refractivity contribution is 0.0678. The second-order valence-electron chi connectivity index (χ2n) is 8.60. The fourth-order valence-electron chi connectivity index (χ4n) is 5.87. The number of fused-ring (bicyclic) bond motifs is 2. The van der Waals surface area contributed by atoms with Crippen LogP contribution in [0.2, 0.25) is 0 Å². The predicted molar refractivity (Wildman–Crippen MR) is 93.8 cm³/mol. The van der Waals surface area contributed by atoms with Gasteiger partial charge < -0.3 is 9.30 Å². The summed E-state index contributed by atoms with van der Waals surface area (Å²) in [5.41, 5.74) is 4.51. The summed E-state index contributed by atoms with van der Waals surface area (Å²) in [7, 11) is 2.17. The van der Waals surface area contributed by atoms with E-state index >= 15 is 0 Å². The minimum atomic E-state index is 0.0446. The lowest BCUT2D eigenvalue weighted by Gasteiger charge is -2.42. The molecule has 0 radical (unpaired) electrons. The van der Waals surface area contributed by atoms with Crippen molar-refractivity contribution in [3.63, 3.8) is 0 Å².